The fourth-order valence-corrected chi connectivity index (χ4v) is 4.96. The van der Waals surface area contributed by atoms with Crippen molar-refractivity contribution < 1.29 is 19.1 Å². The summed E-state index contributed by atoms with van der Waals surface area (Å²) in [4.78, 5) is 26.0. The van der Waals surface area contributed by atoms with Crippen LogP contribution >= 0.6 is 27.7 Å². The lowest BCUT2D eigenvalue weighted by molar-refractivity contribution is -0.122. The van der Waals surface area contributed by atoms with Crippen molar-refractivity contribution in [1.82, 2.24) is 4.90 Å². The molecular weight excluding hydrogens is 490 g/mol. The van der Waals surface area contributed by atoms with Crippen LogP contribution in [0.2, 0.25) is 0 Å². The second-order valence-electron chi connectivity index (χ2n) is 7.16. The fourth-order valence-electron chi connectivity index (χ4n) is 3.48. The quantitative estimate of drug-likeness (QED) is 0.333. The maximum absolute atomic E-state index is 12.4. The molecule has 0 N–H and O–H groups in total. The van der Waals surface area contributed by atoms with Crippen LogP contribution in [0.1, 0.15) is 25.0 Å². The summed E-state index contributed by atoms with van der Waals surface area (Å²) in [6.45, 7) is 4.90. The number of halogens is 1. The summed E-state index contributed by atoms with van der Waals surface area (Å²) in [6.07, 6.45) is 1.71. The Hall–Kier alpha value is -2.77. The van der Waals surface area contributed by atoms with Gasteiger partial charge in [0.25, 0.3) is 11.1 Å². The number of rotatable bonds is 7. The predicted octanol–water partition coefficient (Wildman–Crippen LogP) is 6.64. The average molecular weight is 512 g/mol. The number of ether oxygens (including phenoxy) is 2. The normalized spacial score (nSPS) is 15.1. The number of imide groups is 1. The lowest BCUT2D eigenvalue weighted by atomic mass is 10.1. The van der Waals surface area contributed by atoms with E-state index in [1.165, 1.54) is 10.3 Å². The Kier molecular flexibility index (Phi) is 6.86. The molecule has 5 nitrogen and oxygen atoms in total. The van der Waals surface area contributed by atoms with E-state index in [4.69, 9.17) is 9.47 Å². The molecule has 1 saturated heterocycles. The number of amides is 2. The van der Waals surface area contributed by atoms with Gasteiger partial charge in [0.15, 0.2) is 11.5 Å². The number of fused-ring (bicyclic) bond motifs is 1. The number of carbonyl (C=O) groups is 2. The molecule has 2 amide bonds. The Morgan fingerprint density at radius 3 is 2.50 bits per heavy atom. The van der Waals surface area contributed by atoms with Gasteiger partial charge in [0, 0.05) is 6.54 Å². The van der Waals surface area contributed by atoms with Crippen LogP contribution in [0.25, 0.3) is 16.8 Å². The van der Waals surface area contributed by atoms with Crippen molar-refractivity contribution in [3.63, 3.8) is 0 Å². The molecule has 0 radical (unpaired) electrons. The van der Waals surface area contributed by atoms with E-state index in [0.29, 0.717) is 40.6 Å². The molecule has 0 unspecified atom stereocenters. The van der Waals surface area contributed by atoms with Gasteiger partial charge in [-0.15, -0.1) is 0 Å². The van der Waals surface area contributed by atoms with Crippen LogP contribution < -0.4 is 9.47 Å². The molecule has 3 aromatic rings. The largest absolute Gasteiger partial charge is 0.490 e. The third kappa shape index (κ3) is 4.69. The molecule has 0 saturated carbocycles. The maximum atomic E-state index is 12.4. The van der Waals surface area contributed by atoms with Crippen molar-refractivity contribution in [3.8, 4) is 11.5 Å². The minimum atomic E-state index is -0.270. The molecule has 3 aromatic carbocycles. The van der Waals surface area contributed by atoms with Crippen LogP contribution in [0, 0.1) is 0 Å². The highest BCUT2D eigenvalue weighted by atomic mass is 79.9. The van der Waals surface area contributed by atoms with E-state index in [1.807, 2.05) is 31.2 Å². The molecule has 7 heteroatoms. The molecule has 0 bridgehead atoms. The number of thioether (sulfide) groups is 1. The standard InChI is InChI=1S/C25H22BrNO4S/c1-3-27-24(28)22(32-25(27)29)14-17-12-20(26)23(21(13-17)30-4-2)31-15-16-9-10-18-7-5-6-8-19(18)11-16/h5-14H,3-4,15H2,1-2H3/b22-14+. The Morgan fingerprint density at radius 2 is 1.78 bits per heavy atom. The smallest absolute Gasteiger partial charge is 0.293 e. The second kappa shape index (κ2) is 9.79. The van der Waals surface area contributed by atoms with Gasteiger partial charge in [-0.2, -0.15) is 0 Å². The maximum Gasteiger partial charge on any atom is 0.293 e. The summed E-state index contributed by atoms with van der Waals surface area (Å²) in [5.74, 6) is 0.899. The summed E-state index contributed by atoms with van der Waals surface area (Å²) in [5.41, 5.74) is 1.80. The van der Waals surface area contributed by atoms with E-state index in [-0.39, 0.29) is 11.1 Å². The number of likely N-dealkylation sites (N-methyl/N-ethyl adjacent to an activating group) is 1. The fraction of sp³-hybridized carbons (Fsp3) is 0.200. The van der Waals surface area contributed by atoms with Gasteiger partial charge in [0.2, 0.25) is 0 Å². The van der Waals surface area contributed by atoms with Gasteiger partial charge in [0.1, 0.15) is 6.61 Å². The molecule has 32 heavy (non-hydrogen) atoms. The Labute approximate surface area is 199 Å². The first-order valence-corrected chi connectivity index (χ1v) is 11.9. The molecule has 0 aliphatic carbocycles. The molecule has 1 fully saturated rings. The zero-order valence-corrected chi connectivity index (χ0v) is 20.2. The molecule has 0 spiro atoms. The van der Waals surface area contributed by atoms with Crippen LogP contribution in [0.15, 0.2) is 64.0 Å². The van der Waals surface area contributed by atoms with Gasteiger partial charge in [-0.25, -0.2) is 0 Å². The number of hydrogen-bond donors (Lipinski definition) is 0. The van der Waals surface area contributed by atoms with Crippen LogP contribution in [-0.4, -0.2) is 29.2 Å². The lowest BCUT2D eigenvalue weighted by Crippen LogP contribution is -2.27. The van der Waals surface area contributed by atoms with E-state index < -0.39 is 0 Å². The van der Waals surface area contributed by atoms with Crippen LogP contribution in [0.5, 0.6) is 11.5 Å². The molecule has 1 heterocycles. The number of benzene rings is 3. The zero-order chi connectivity index (χ0) is 22.7. The molecule has 0 aromatic heterocycles. The first-order valence-electron chi connectivity index (χ1n) is 10.3. The molecule has 0 atom stereocenters. The Bertz CT molecular complexity index is 1220. The van der Waals surface area contributed by atoms with E-state index in [1.54, 1.807) is 13.0 Å². The van der Waals surface area contributed by atoms with Gasteiger partial charge in [-0.1, -0.05) is 36.4 Å². The highest BCUT2D eigenvalue weighted by Crippen LogP contribution is 2.39. The van der Waals surface area contributed by atoms with Crippen molar-refractivity contribution in [1.29, 1.82) is 0 Å². The number of nitrogens with zero attached hydrogens (tertiary/aromatic N) is 1. The lowest BCUT2D eigenvalue weighted by Gasteiger charge is -2.15. The third-order valence-corrected chi connectivity index (χ3v) is 6.51. The van der Waals surface area contributed by atoms with Crippen LogP contribution in [0.3, 0.4) is 0 Å². The minimum absolute atomic E-state index is 0.247. The van der Waals surface area contributed by atoms with Crippen molar-refractivity contribution in [2.24, 2.45) is 0 Å². The van der Waals surface area contributed by atoms with Crippen molar-refractivity contribution in [2.45, 2.75) is 20.5 Å². The average Bonchev–Trinajstić information content (AvgIpc) is 3.05. The zero-order valence-electron chi connectivity index (χ0n) is 17.8. The summed E-state index contributed by atoms with van der Waals surface area (Å²) in [5, 5.41) is 2.10. The molecular formula is C25H22BrNO4S. The minimum Gasteiger partial charge on any atom is -0.490 e. The van der Waals surface area contributed by atoms with Crippen molar-refractivity contribution in [2.75, 3.05) is 13.2 Å². The van der Waals surface area contributed by atoms with Crippen molar-refractivity contribution in [3.05, 3.63) is 75.1 Å². The monoisotopic (exact) mass is 511 g/mol. The topological polar surface area (TPSA) is 55.8 Å². The van der Waals surface area contributed by atoms with Crippen LogP contribution in [-0.2, 0) is 11.4 Å². The Balaban J connectivity index is 1.59. The SMILES string of the molecule is CCOc1cc(/C=C2/SC(=O)N(CC)C2=O)cc(Br)c1OCc1ccc2ccccc2c1. The van der Waals surface area contributed by atoms with Gasteiger partial charge >= 0.3 is 0 Å². The second-order valence-corrected chi connectivity index (χ2v) is 9.01. The molecule has 1 aliphatic heterocycles. The van der Waals surface area contributed by atoms with Gasteiger partial charge in [0.05, 0.1) is 16.0 Å². The van der Waals surface area contributed by atoms with E-state index in [2.05, 4.69) is 46.3 Å². The van der Waals surface area contributed by atoms with Gasteiger partial charge < -0.3 is 9.47 Å². The number of hydrogen-bond acceptors (Lipinski definition) is 5. The predicted molar refractivity (Wildman–Crippen MR) is 132 cm³/mol. The van der Waals surface area contributed by atoms with E-state index in [9.17, 15) is 9.59 Å². The summed E-state index contributed by atoms with van der Waals surface area (Å²) < 4.78 is 12.7. The summed E-state index contributed by atoms with van der Waals surface area (Å²) in [7, 11) is 0. The molecule has 164 valence electrons. The summed E-state index contributed by atoms with van der Waals surface area (Å²) in [6, 6.07) is 18.1. The molecule has 4 rings (SSSR count). The van der Waals surface area contributed by atoms with Crippen LogP contribution in [0.4, 0.5) is 4.79 Å². The van der Waals surface area contributed by atoms with E-state index >= 15 is 0 Å². The van der Waals surface area contributed by atoms with Gasteiger partial charge in [-0.05, 0) is 87.7 Å². The highest BCUT2D eigenvalue weighted by Gasteiger charge is 2.33. The van der Waals surface area contributed by atoms with Crippen molar-refractivity contribution >= 4 is 55.7 Å². The Morgan fingerprint density at radius 1 is 1.00 bits per heavy atom. The highest BCUT2D eigenvalue weighted by molar-refractivity contribution is 9.10. The number of carbonyl (C=O) groups excluding carboxylic acids is 2. The first kappa shape index (κ1) is 22.4. The molecule has 1 aliphatic rings. The van der Waals surface area contributed by atoms with Gasteiger partial charge in [-0.3, -0.25) is 14.5 Å². The first-order chi connectivity index (χ1) is 15.5. The summed E-state index contributed by atoms with van der Waals surface area (Å²) >= 11 is 4.53. The van der Waals surface area contributed by atoms with E-state index in [0.717, 1.165) is 28.3 Å². The third-order valence-electron chi connectivity index (χ3n) is 5.02.